The molecule has 3 N–H and O–H groups in total. The van der Waals surface area contributed by atoms with E-state index in [2.05, 4.69) is 17.1 Å². The van der Waals surface area contributed by atoms with Gasteiger partial charge in [-0.1, -0.05) is 37.3 Å². The van der Waals surface area contributed by atoms with Crippen LogP contribution in [-0.4, -0.2) is 119 Å². The smallest absolute Gasteiger partial charge is 0.410 e. The van der Waals surface area contributed by atoms with Gasteiger partial charge in [0.15, 0.2) is 6.10 Å². The number of carbonyl (C=O) groups is 4. The van der Waals surface area contributed by atoms with Crippen LogP contribution in [0, 0.1) is 25.7 Å². The van der Waals surface area contributed by atoms with E-state index >= 15 is 0 Å². The first-order valence-electron chi connectivity index (χ1n) is 18.5. The summed E-state index contributed by atoms with van der Waals surface area (Å²) in [7, 11) is 1.76. The lowest BCUT2D eigenvalue weighted by molar-refractivity contribution is -0.140. The summed E-state index contributed by atoms with van der Waals surface area (Å²) in [4.78, 5) is 59.0. The topological polar surface area (TPSA) is 143 Å². The number of aliphatic carboxylic acids is 1. The van der Waals surface area contributed by atoms with E-state index in [0.29, 0.717) is 68.5 Å². The summed E-state index contributed by atoms with van der Waals surface area (Å²) in [6.07, 6.45) is 3.58. The Labute approximate surface area is 301 Å². The van der Waals surface area contributed by atoms with Gasteiger partial charge in [-0.3, -0.25) is 9.59 Å². The van der Waals surface area contributed by atoms with Crippen LogP contribution in [0.1, 0.15) is 67.7 Å². The fraction of sp³-hybridized carbons (Fsp3) is 0.590. The number of hydrogen-bond donors (Lipinski definition) is 3. The molecule has 3 aliphatic rings. The summed E-state index contributed by atoms with van der Waals surface area (Å²) in [5, 5.41) is 22.4. The molecule has 0 aromatic heterocycles. The average Bonchev–Trinajstić information content (AvgIpc) is 3.29. The molecular weight excluding hydrogens is 650 g/mol. The number of hydrogen-bond acceptors (Lipinski definition) is 7. The Morgan fingerprint density at radius 2 is 1.67 bits per heavy atom. The van der Waals surface area contributed by atoms with Gasteiger partial charge in [0.1, 0.15) is 5.75 Å². The quantitative estimate of drug-likeness (QED) is 0.271. The van der Waals surface area contributed by atoms with Crippen LogP contribution in [0.4, 0.5) is 15.3 Å². The van der Waals surface area contributed by atoms with Crippen molar-refractivity contribution in [2.24, 2.45) is 11.8 Å². The minimum absolute atomic E-state index is 0.00570. The van der Waals surface area contributed by atoms with Crippen molar-refractivity contribution >= 4 is 29.7 Å². The van der Waals surface area contributed by atoms with Crippen LogP contribution in [0.25, 0.3) is 0 Å². The van der Waals surface area contributed by atoms with Crippen LogP contribution in [0.2, 0.25) is 0 Å². The van der Waals surface area contributed by atoms with Crippen molar-refractivity contribution in [2.45, 2.75) is 84.3 Å². The van der Waals surface area contributed by atoms with Crippen LogP contribution in [0.15, 0.2) is 36.4 Å². The molecule has 2 aromatic rings. The monoisotopic (exact) mass is 705 g/mol. The van der Waals surface area contributed by atoms with E-state index in [4.69, 9.17) is 9.84 Å². The highest BCUT2D eigenvalue weighted by Crippen LogP contribution is 2.29. The van der Waals surface area contributed by atoms with Crippen molar-refractivity contribution in [2.75, 3.05) is 58.2 Å². The van der Waals surface area contributed by atoms with Crippen LogP contribution >= 0.6 is 0 Å². The summed E-state index contributed by atoms with van der Waals surface area (Å²) in [5.41, 5.74) is 4.15. The number of carboxylic acids is 1. The lowest BCUT2D eigenvalue weighted by Gasteiger charge is -2.38. The summed E-state index contributed by atoms with van der Waals surface area (Å²) in [6.45, 7) is 10.2. The first kappa shape index (κ1) is 37.9. The molecule has 2 atom stereocenters. The van der Waals surface area contributed by atoms with E-state index in [1.165, 1.54) is 0 Å². The van der Waals surface area contributed by atoms with Crippen LogP contribution in [-0.2, 0) is 27.2 Å². The highest BCUT2D eigenvalue weighted by molar-refractivity contribution is 5.91. The zero-order valence-corrected chi connectivity index (χ0v) is 30.6. The van der Waals surface area contributed by atoms with E-state index < -0.39 is 18.2 Å². The number of likely N-dealkylation sites (N-methyl/N-ethyl adjacent to an activating group) is 1. The second-order valence-electron chi connectivity index (χ2n) is 14.8. The number of phenols is 1. The van der Waals surface area contributed by atoms with Crippen molar-refractivity contribution in [3.05, 3.63) is 58.7 Å². The molecule has 4 amide bonds. The lowest BCUT2D eigenvalue weighted by Crippen LogP contribution is -2.51. The Balaban J connectivity index is 1.17. The number of anilines is 1. The number of nitrogens with one attached hydrogen (secondary N) is 1. The highest BCUT2D eigenvalue weighted by Gasteiger charge is 2.34. The predicted molar refractivity (Wildman–Crippen MR) is 195 cm³/mol. The molecule has 0 bridgehead atoms. The Morgan fingerprint density at radius 1 is 1.00 bits per heavy atom. The number of fused-ring (bicyclic) bond motifs is 1. The number of carboxylic acid groups (broad SMARTS) is 1. The maximum absolute atomic E-state index is 14.0. The zero-order valence-electron chi connectivity index (χ0n) is 30.6. The third kappa shape index (κ3) is 9.93. The van der Waals surface area contributed by atoms with Crippen LogP contribution in [0.3, 0.4) is 0 Å². The Morgan fingerprint density at radius 3 is 2.33 bits per heavy atom. The normalized spacial score (nSPS) is 18.7. The standard InChI is InChI=1S/C39H55N5O7/c1-26(30-10-17-42(18-11-30)19-15-35(45)46)9-16-41(4)37(48)34(25-29-23-27(2)36(47)28(3)24-29)51-39(50)43-20-13-32(14-21-43)44-22-12-31-7-5-6-8-33(31)40-38(44)49/h5-8,23-24,26,30,32,34,47H,9-22,25H2,1-4H3,(H,40,49)(H,45,46)/t26?,34-/m1/s1. The largest absolute Gasteiger partial charge is 0.507 e. The number of aryl methyl sites for hydroxylation is 2. The number of para-hydroxylation sites is 1. The molecule has 12 nitrogen and oxygen atoms in total. The maximum atomic E-state index is 14.0. The van der Waals surface area contributed by atoms with E-state index in [-0.39, 0.29) is 36.6 Å². The number of carbonyl (C=O) groups excluding carboxylic acids is 3. The second kappa shape index (κ2) is 17.3. The molecule has 51 heavy (non-hydrogen) atoms. The van der Waals surface area contributed by atoms with Gasteiger partial charge in [-0.2, -0.15) is 0 Å². The Bertz CT molecular complexity index is 1530. The molecular formula is C39H55N5O7. The number of likely N-dealkylation sites (tertiary alicyclic amines) is 2. The molecule has 0 radical (unpaired) electrons. The fourth-order valence-electron chi connectivity index (χ4n) is 7.84. The number of benzene rings is 2. The predicted octanol–water partition coefficient (Wildman–Crippen LogP) is 5.28. The van der Waals surface area contributed by atoms with E-state index in [9.17, 15) is 24.3 Å². The molecule has 0 saturated carbocycles. The SMILES string of the molecule is Cc1cc(C[C@@H](OC(=O)N2CCC(N3CCc4ccccc4NC3=O)CC2)C(=O)N(C)CCC(C)C2CCN(CCC(=O)O)CC2)cc(C)c1O. The summed E-state index contributed by atoms with van der Waals surface area (Å²) < 4.78 is 6.02. The van der Waals surface area contributed by atoms with E-state index in [1.807, 2.05) is 55.1 Å². The van der Waals surface area contributed by atoms with E-state index in [0.717, 1.165) is 55.6 Å². The Hall–Kier alpha value is -4.32. The number of rotatable bonds is 12. The third-order valence-corrected chi connectivity index (χ3v) is 11.2. The molecule has 2 saturated heterocycles. The van der Waals surface area contributed by atoms with Crippen LogP contribution < -0.4 is 5.32 Å². The molecule has 0 spiro atoms. The molecule has 278 valence electrons. The first-order chi connectivity index (χ1) is 24.4. The average molecular weight is 706 g/mol. The third-order valence-electron chi connectivity index (χ3n) is 11.2. The number of urea groups is 1. The lowest BCUT2D eigenvalue weighted by atomic mass is 9.83. The van der Waals surface area contributed by atoms with Crippen molar-refractivity contribution in [1.29, 1.82) is 0 Å². The van der Waals surface area contributed by atoms with E-state index in [1.54, 1.807) is 16.8 Å². The summed E-state index contributed by atoms with van der Waals surface area (Å²) >= 11 is 0. The van der Waals surface area contributed by atoms with Gasteiger partial charge in [-0.15, -0.1) is 0 Å². The number of amides is 4. The van der Waals surface area contributed by atoms with Crippen molar-refractivity contribution in [3.63, 3.8) is 0 Å². The van der Waals surface area contributed by atoms with Gasteiger partial charge in [0, 0.05) is 57.9 Å². The van der Waals surface area contributed by atoms with Crippen molar-refractivity contribution in [1.82, 2.24) is 19.6 Å². The zero-order chi connectivity index (χ0) is 36.7. The fourth-order valence-corrected chi connectivity index (χ4v) is 7.84. The first-order valence-corrected chi connectivity index (χ1v) is 18.5. The van der Waals surface area contributed by atoms with Gasteiger partial charge in [0.2, 0.25) is 0 Å². The maximum Gasteiger partial charge on any atom is 0.410 e. The molecule has 12 heteroatoms. The number of nitrogens with zero attached hydrogens (tertiary/aromatic N) is 4. The van der Waals surface area contributed by atoms with Crippen molar-refractivity contribution < 1.29 is 34.1 Å². The molecule has 3 heterocycles. The molecule has 2 fully saturated rings. The minimum Gasteiger partial charge on any atom is -0.507 e. The van der Waals surface area contributed by atoms with Crippen molar-refractivity contribution in [3.8, 4) is 5.75 Å². The number of piperidine rings is 2. The summed E-state index contributed by atoms with van der Waals surface area (Å²) in [6, 6.07) is 11.4. The van der Waals surface area contributed by atoms with Crippen LogP contribution in [0.5, 0.6) is 5.75 Å². The van der Waals surface area contributed by atoms with Gasteiger partial charge in [-0.05, 0) is 106 Å². The molecule has 0 aliphatic carbocycles. The highest BCUT2D eigenvalue weighted by atomic mass is 16.6. The van der Waals surface area contributed by atoms with Gasteiger partial charge >= 0.3 is 18.1 Å². The van der Waals surface area contributed by atoms with Gasteiger partial charge in [0.25, 0.3) is 5.91 Å². The number of phenolic OH excluding ortho intramolecular Hbond substituents is 1. The second-order valence-corrected chi connectivity index (χ2v) is 14.8. The molecule has 3 aliphatic heterocycles. The number of ether oxygens (including phenoxy) is 1. The molecule has 1 unspecified atom stereocenters. The summed E-state index contributed by atoms with van der Waals surface area (Å²) in [5.74, 6) is 0.0604. The van der Waals surface area contributed by atoms with Gasteiger partial charge in [-0.25, -0.2) is 9.59 Å². The minimum atomic E-state index is -1.04. The Kier molecular flexibility index (Phi) is 12.8. The van der Waals surface area contributed by atoms with Gasteiger partial charge in [0.05, 0.1) is 6.42 Å². The molecule has 2 aromatic carbocycles. The molecule has 5 rings (SSSR count). The number of aromatic hydroxyl groups is 1. The van der Waals surface area contributed by atoms with Gasteiger partial charge < -0.3 is 39.9 Å².